The van der Waals surface area contributed by atoms with Crippen LogP contribution in [-0.4, -0.2) is 35.6 Å². The summed E-state index contributed by atoms with van der Waals surface area (Å²) in [7, 11) is 0. The van der Waals surface area contributed by atoms with E-state index in [0.29, 0.717) is 23.6 Å². The minimum atomic E-state index is -2.08. The maximum atomic E-state index is 13.9. The number of imide groups is 1. The van der Waals surface area contributed by atoms with Crippen molar-refractivity contribution in [2.45, 2.75) is 18.6 Å². The van der Waals surface area contributed by atoms with Gasteiger partial charge in [-0.15, -0.1) is 0 Å². The third-order valence-electron chi connectivity index (χ3n) is 7.12. The number of rotatable bonds is 4. The monoisotopic (exact) mass is 545 g/mol. The molecule has 8 heteroatoms. The van der Waals surface area contributed by atoms with Crippen molar-refractivity contribution in [3.63, 3.8) is 0 Å². The van der Waals surface area contributed by atoms with Gasteiger partial charge in [0.25, 0.3) is 0 Å². The van der Waals surface area contributed by atoms with Gasteiger partial charge in [-0.1, -0.05) is 52.3 Å². The summed E-state index contributed by atoms with van der Waals surface area (Å²) in [6, 6.07) is 20.1. The number of nitrogens with zero attached hydrogens (tertiary/aromatic N) is 1. The second-order valence-corrected chi connectivity index (χ2v) is 9.89. The molecule has 180 valence electrons. The molecular weight excluding hydrogens is 526 g/mol. The van der Waals surface area contributed by atoms with Crippen LogP contribution in [0.1, 0.15) is 39.3 Å². The van der Waals surface area contributed by atoms with Gasteiger partial charge in [0.2, 0.25) is 29.0 Å². The lowest BCUT2D eigenvalue weighted by molar-refractivity contribution is -0.127. The normalized spacial score (nSPS) is 23.9. The summed E-state index contributed by atoms with van der Waals surface area (Å²) in [6.07, 6.45) is -0.950. The lowest BCUT2D eigenvalue weighted by Gasteiger charge is -2.27. The van der Waals surface area contributed by atoms with Gasteiger partial charge < -0.3 is 9.47 Å². The van der Waals surface area contributed by atoms with Crippen LogP contribution in [-0.2, 0) is 14.3 Å². The number of anilines is 1. The van der Waals surface area contributed by atoms with E-state index in [0.717, 1.165) is 9.37 Å². The lowest BCUT2D eigenvalue weighted by Crippen LogP contribution is -2.51. The average Bonchev–Trinajstić information content (AvgIpc) is 3.45. The summed E-state index contributed by atoms with van der Waals surface area (Å²) in [5.74, 6) is -3.99. The van der Waals surface area contributed by atoms with Gasteiger partial charge in [-0.05, 0) is 48.9 Å². The Kier molecular flexibility index (Phi) is 5.21. The highest BCUT2D eigenvalue weighted by atomic mass is 79.9. The molecule has 2 amide bonds. The van der Waals surface area contributed by atoms with Crippen LogP contribution in [0.2, 0.25) is 0 Å². The van der Waals surface area contributed by atoms with Crippen LogP contribution in [0.5, 0.6) is 5.75 Å². The third kappa shape index (κ3) is 3.01. The number of Topliss-reactive ketones (excluding diaryl/α,β-unsaturated/α-hetero) is 2. The molecule has 2 fully saturated rings. The zero-order chi connectivity index (χ0) is 25.2. The number of fused-ring (bicyclic) bond motifs is 3. The lowest BCUT2D eigenvalue weighted by atomic mass is 9.77. The fourth-order valence-electron chi connectivity index (χ4n) is 5.58. The fourth-order valence-corrected chi connectivity index (χ4v) is 5.85. The summed E-state index contributed by atoms with van der Waals surface area (Å²) < 4.78 is 12.6. The first kappa shape index (κ1) is 22.8. The second-order valence-electron chi connectivity index (χ2n) is 8.97. The zero-order valence-electron chi connectivity index (χ0n) is 19.1. The summed E-state index contributed by atoms with van der Waals surface area (Å²) >= 11 is 3.40. The quantitative estimate of drug-likeness (QED) is 0.353. The molecule has 36 heavy (non-hydrogen) atoms. The molecule has 2 saturated heterocycles. The van der Waals surface area contributed by atoms with Crippen molar-refractivity contribution < 1.29 is 28.7 Å². The highest BCUT2D eigenvalue weighted by Crippen LogP contribution is 2.57. The molecule has 3 aliphatic rings. The third-order valence-corrected chi connectivity index (χ3v) is 7.65. The van der Waals surface area contributed by atoms with Crippen molar-refractivity contribution in [3.8, 4) is 5.75 Å². The molecule has 0 unspecified atom stereocenters. The molecule has 2 heterocycles. The topological polar surface area (TPSA) is 90.0 Å². The van der Waals surface area contributed by atoms with Gasteiger partial charge in [-0.25, -0.2) is 4.90 Å². The number of halogens is 1. The number of amides is 2. The number of benzene rings is 3. The predicted molar refractivity (Wildman–Crippen MR) is 133 cm³/mol. The van der Waals surface area contributed by atoms with Crippen molar-refractivity contribution in [3.05, 3.63) is 94.0 Å². The van der Waals surface area contributed by atoms with E-state index >= 15 is 0 Å². The van der Waals surface area contributed by atoms with Gasteiger partial charge in [0, 0.05) is 15.6 Å². The Balaban J connectivity index is 1.49. The number of ether oxygens (including phenoxy) is 2. The molecule has 0 aromatic heterocycles. The number of ketones is 2. The fraction of sp³-hybridized carbons (Fsp3) is 0.214. The molecule has 0 radical (unpaired) electrons. The average molecular weight is 546 g/mol. The molecule has 1 spiro atoms. The Morgan fingerprint density at radius 1 is 0.861 bits per heavy atom. The molecular formula is C28H20BrNO6. The zero-order valence-corrected chi connectivity index (χ0v) is 20.7. The Morgan fingerprint density at radius 3 is 2.06 bits per heavy atom. The second kappa shape index (κ2) is 8.21. The molecule has 6 rings (SSSR count). The largest absolute Gasteiger partial charge is 0.494 e. The smallest absolute Gasteiger partial charge is 0.241 e. The van der Waals surface area contributed by atoms with Crippen LogP contribution in [0.4, 0.5) is 5.69 Å². The minimum Gasteiger partial charge on any atom is -0.494 e. The van der Waals surface area contributed by atoms with Crippen molar-refractivity contribution in [2.75, 3.05) is 11.5 Å². The molecule has 0 N–H and O–H groups in total. The van der Waals surface area contributed by atoms with E-state index in [9.17, 15) is 19.2 Å². The molecule has 3 aromatic carbocycles. The standard InChI is InChI=1S/C28H20BrNO6/c1-2-35-18-13-11-17(12-14-18)30-26(33)21-22(27(30)34)28(36-23(21)15-7-9-16(29)10-8-15)24(31)19-5-3-4-6-20(19)25(28)32/h3-14,21-23H,2H2,1H3/t21-,22+,23+/m1/s1. The van der Waals surface area contributed by atoms with Gasteiger partial charge in [-0.3, -0.25) is 19.2 Å². The van der Waals surface area contributed by atoms with Gasteiger partial charge in [0.1, 0.15) is 5.75 Å². The van der Waals surface area contributed by atoms with Gasteiger partial charge >= 0.3 is 0 Å². The molecule has 7 nitrogen and oxygen atoms in total. The molecule has 2 aliphatic heterocycles. The molecule has 3 atom stereocenters. The van der Waals surface area contributed by atoms with Gasteiger partial charge in [0.05, 0.1) is 30.2 Å². The molecule has 0 saturated carbocycles. The van der Waals surface area contributed by atoms with E-state index in [1.165, 1.54) is 0 Å². The maximum Gasteiger partial charge on any atom is 0.241 e. The number of hydrogen-bond donors (Lipinski definition) is 0. The van der Waals surface area contributed by atoms with Crippen LogP contribution in [0, 0.1) is 11.8 Å². The van der Waals surface area contributed by atoms with Crippen LogP contribution in [0.15, 0.2) is 77.3 Å². The van der Waals surface area contributed by atoms with Crippen molar-refractivity contribution in [1.82, 2.24) is 0 Å². The first-order valence-electron chi connectivity index (χ1n) is 11.6. The SMILES string of the molecule is CCOc1ccc(N2C(=O)[C@@H]3[C@@H](C2=O)C2(O[C@H]3c3ccc(Br)cc3)C(=O)c3ccccc3C2=O)cc1. The number of carbonyl (C=O) groups is 4. The highest BCUT2D eigenvalue weighted by Gasteiger charge is 2.74. The van der Waals surface area contributed by atoms with Crippen molar-refractivity contribution >= 4 is 45.0 Å². The van der Waals surface area contributed by atoms with E-state index in [4.69, 9.17) is 9.47 Å². The molecule has 1 aliphatic carbocycles. The van der Waals surface area contributed by atoms with E-state index in [2.05, 4.69) is 15.9 Å². The summed E-state index contributed by atoms with van der Waals surface area (Å²) in [4.78, 5) is 56.4. The summed E-state index contributed by atoms with van der Waals surface area (Å²) in [5, 5.41) is 0. The van der Waals surface area contributed by atoms with Crippen LogP contribution >= 0.6 is 15.9 Å². The summed E-state index contributed by atoms with van der Waals surface area (Å²) in [6.45, 7) is 2.34. The maximum absolute atomic E-state index is 13.9. The van der Waals surface area contributed by atoms with Crippen molar-refractivity contribution in [2.24, 2.45) is 11.8 Å². The van der Waals surface area contributed by atoms with Crippen LogP contribution in [0.3, 0.4) is 0 Å². The van der Waals surface area contributed by atoms with E-state index in [1.807, 2.05) is 6.92 Å². The van der Waals surface area contributed by atoms with E-state index in [1.54, 1.807) is 72.8 Å². The molecule has 3 aromatic rings. The molecule has 0 bridgehead atoms. The van der Waals surface area contributed by atoms with Gasteiger partial charge in [0.15, 0.2) is 0 Å². The number of carbonyl (C=O) groups excluding carboxylic acids is 4. The van der Waals surface area contributed by atoms with E-state index in [-0.39, 0.29) is 11.1 Å². The first-order valence-corrected chi connectivity index (χ1v) is 12.4. The Hall–Kier alpha value is -3.62. The van der Waals surface area contributed by atoms with Crippen LogP contribution in [0.25, 0.3) is 0 Å². The van der Waals surface area contributed by atoms with Crippen molar-refractivity contribution in [1.29, 1.82) is 0 Å². The highest BCUT2D eigenvalue weighted by molar-refractivity contribution is 9.10. The van der Waals surface area contributed by atoms with Crippen LogP contribution < -0.4 is 9.64 Å². The predicted octanol–water partition coefficient (Wildman–Crippen LogP) is 4.54. The Morgan fingerprint density at radius 2 is 1.47 bits per heavy atom. The Labute approximate surface area is 215 Å². The summed E-state index contributed by atoms with van der Waals surface area (Å²) in [5.41, 5.74) is -0.715. The minimum absolute atomic E-state index is 0.206. The van der Waals surface area contributed by atoms with Gasteiger partial charge in [-0.2, -0.15) is 0 Å². The number of hydrogen-bond acceptors (Lipinski definition) is 6. The first-order chi connectivity index (χ1) is 17.4. The van der Waals surface area contributed by atoms with E-state index < -0.39 is 46.9 Å². The Bertz CT molecular complexity index is 1400.